The van der Waals surface area contributed by atoms with E-state index in [9.17, 15) is 22.4 Å². The van der Waals surface area contributed by atoms with Gasteiger partial charge in [-0.15, -0.1) is 0 Å². The fraction of sp³-hybridized carbons (Fsp3) is 0.389. The van der Waals surface area contributed by atoms with Gasteiger partial charge in [-0.05, 0) is 72.4 Å². The number of rotatable bonds is 20. The van der Waals surface area contributed by atoms with Gasteiger partial charge in [0.25, 0.3) is 5.91 Å². The van der Waals surface area contributed by atoms with Crippen molar-refractivity contribution in [2.24, 2.45) is 0 Å². The highest BCUT2D eigenvalue weighted by molar-refractivity contribution is 7.92. The summed E-state index contributed by atoms with van der Waals surface area (Å²) >= 11 is 0. The van der Waals surface area contributed by atoms with Crippen molar-refractivity contribution in [3.8, 4) is 11.3 Å². The fourth-order valence-corrected chi connectivity index (χ4v) is 6.42. The number of sulfonamides is 1. The number of aromatic carboxylic acids is 1. The number of amides is 1. The molecule has 0 unspecified atom stereocenters. The highest BCUT2D eigenvalue weighted by Crippen LogP contribution is 2.48. The number of nitrogens with zero attached hydrogens (tertiary/aromatic N) is 1. The van der Waals surface area contributed by atoms with E-state index in [1.807, 2.05) is 6.07 Å². The summed E-state index contributed by atoms with van der Waals surface area (Å²) in [4.78, 5) is 24.1. The Morgan fingerprint density at radius 3 is 2.16 bits per heavy atom. The Kier molecular flexibility index (Phi) is 12.6. The van der Waals surface area contributed by atoms with Gasteiger partial charge in [0.05, 0.1) is 82.5 Å². The van der Waals surface area contributed by atoms with Gasteiger partial charge in [-0.3, -0.25) is 9.10 Å². The number of furan rings is 1. The van der Waals surface area contributed by atoms with Crippen molar-refractivity contribution < 1.29 is 50.9 Å². The van der Waals surface area contributed by atoms with E-state index in [-0.39, 0.29) is 49.5 Å². The zero-order valence-electron chi connectivity index (χ0n) is 28.0. The first kappa shape index (κ1) is 36.9. The van der Waals surface area contributed by atoms with Crippen LogP contribution in [0, 0.1) is 5.82 Å². The molecule has 0 radical (unpaired) electrons. The molecule has 4 aromatic rings. The minimum atomic E-state index is -3.72. The molecule has 268 valence electrons. The predicted octanol–water partition coefficient (Wildman–Crippen LogP) is 5.21. The van der Waals surface area contributed by atoms with Crippen molar-refractivity contribution >= 4 is 38.6 Å². The van der Waals surface area contributed by atoms with E-state index in [1.165, 1.54) is 41.7 Å². The van der Waals surface area contributed by atoms with Crippen LogP contribution < -0.4 is 9.62 Å². The molecule has 1 aliphatic carbocycles. The van der Waals surface area contributed by atoms with Crippen LogP contribution >= 0.6 is 0 Å². The van der Waals surface area contributed by atoms with E-state index in [0.717, 1.165) is 30.2 Å². The molecule has 14 heteroatoms. The lowest BCUT2D eigenvalue weighted by molar-refractivity contribution is -0.00330. The van der Waals surface area contributed by atoms with Crippen LogP contribution in [0.2, 0.25) is 0 Å². The second-order valence-corrected chi connectivity index (χ2v) is 13.7. The first-order valence-corrected chi connectivity index (χ1v) is 18.1. The number of ether oxygens (including phenoxy) is 4. The number of anilines is 1. The summed E-state index contributed by atoms with van der Waals surface area (Å²) in [6.07, 6.45) is 2.92. The van der Waals surface area contributed by atoms with Gasteiger partial charge in [0.1, 0.15) is 17.2 Å². The lowest BCUT2D eigenvalue weighted by atomic mass is 10.0. The summed E-state index contributed by atoms with van der Waals surface area (Å²) < 4.78 is 69.5. The molecule has 12 nitrogen and oxygen atoms in total. The quantitative estimate of drug-likeness (QED) is 0.117. The Balaban J connectivity index is 1.11. The van der Waals surface area contributed by atoms with Crippen LogP contribution in [0.5, 0.6) is 0 Å². The van der Waals surface area contributed by atoms with E-state index in [4.69, 9.17) is 28.5 Å². The third-order valence-corrected chi connectivity index (χ3v) is 9.26. The molecular formula is C36H41FN2O10S. The molecular weight excluding hydrogens is 671 g/mol. The number of hydrogen-bond donors (Lipinski definition) is 2. The molecule has 0 aliphatic heterocycles. The van der Waals surface area contributed by atoms with Crippen LogP contribution in [0.3, 0.4) is 0 Å². The zero-order valence-corrected chi connectivity index (χ0v) is 28.8. The van der Waals surface area contributed by atoms with Crippen molar-refractivity contribution in [3.63, 3.8) is 0 Å². The van der Waals surface area contributed by atoms with Crippen molar-refractivity contribution in [1.82, 2.24) is 5.32 Å². The van der Waals surface area contributed by atoms with E-state index in [1.54, 1.807) is 24.3 Å². The largest absolute Gasteiger partial charge is 0.478 e. The third-order valence-electron chi connectivity index (χ3n) is 8.08. The number of carboxylic acids is 1. The van der Waals surface area contributed by atoms with Crippen LogP contribution in [0.15, 0.2) is 65.1 Å². The van der Waals surface area contributed by atoms with Crippen molar-refractivity contribution in [1.29, 1.82) is 0 Å². The second kappa shape index (κ2) is 17.1. The minimum absolute atomic E-state index is 0.0571. The number of carbonyl (C=O) groups excluding carboxylic acids is 1. The van der Waals surface area contributed by atoms with Crippen LogP contribution in [-0.4, -0.2) is 91.5 Å². The molecule has 2 N–H and O–H groups in total. The Morgan fingerprint density at radius 1 is 0.920 bits per heavy atom. The van der Waals surface area contributed by atoms with Gasteiger partial charge in [0.2, 0.25) is 10.0 Å². The monoisotopic (exact) mass is 712 g/mol. The normalized spacial score (nSPS) is 13.1. The lowest BCUT2D eigenvalue weighted by Gasteiger charge is -2.25. The van der Waals surface area contributed by atoms with E-state index in [0.29, 0.717) is 60.8 Å². The average Bonchev–Trinajstić information content (AvgIpc) is 3.87. The van der Waals surface area contributed by atoms with Crippen molar-refractivity contribution in [2.45, 2.75) is 25.4 Å². The summed E-state index contributed by atoms with van der Waals surface area (Å²) in [5, 5.41) is 12.3. The number of fused-ring (bicyclic) bond motifs is 1. The van der Waals surface area contributed by atoms with Crippen LogP contribution in [0.25, 0.3) is 22.3 Å². The molecule has 1 aromatic heterocycles. The summed E-state index contributed by atoms with van der Waals surface area (Å²) in [7, 11) is -2.21. The summed E-state index contributed by atoms with van der Waals surface area (Å²) in [5.74, 6) is -1.37. The maximum atomic E-state index is 13.7. The first-order chi connectivity index (χ1) is 24.1. The molecule has 0 atom stereocenters. The van der Waals surface area contributed by atoms with Crippen molar-refractivity contribution in [2.75, 3.05) is 70.4 Å². The molecule has 1 aliphatic rings. The number of halogens is 1. The van der Waals surface area contributed by atoms with Crippen LogP contribution in [0.1, 0.15) is 50.6 Å². The number of carboxylic acid groups (broad SMARTS) is 1. The second-order valence-electron chi connectivity index (χ2n) is 11.8. The average molecular weight is 713 g/mol. The number of benzene rings is 3. The van der Waals surface area contributed by atoms with Crippen LogP contribution in [-0.2, 0) is 35.6 Å². The number of nitrogens with one attached hydrogen (secondary N) is 1. The maximum absolute atomic E-state index is 13.7. The van der Waals surface area contributed by atoms with Crippen molar-refractivity contribution in [3.05, 3.63) is 88.7 Å². The number of carbonyl (C=O) groups is 2. The van der Waals surface area contributed by atoms with Gasteiger partial charge in [-0.25, -0.2) is 17.6 Å². The van der Waals surface area contributed by atoms with Gasteiger partial charge in [0.15, 0.2) is 0 Å². The SMILES string of the molecule is CNC(=O)c1c(-c2ccc(F)cc2)oc2cc(N(CCOCCOCCOCCOCc3cccc(C(=O)O)c3)S(C)(=O)=O)c(C3CC3)cc12. The summed E-state index contributed by atoms with van der Waals surface area (Å²) in [6.45, 7) is 2.38. The molecule has 1 amide bonds. The van der Waals surface area contributed by atoms with E-state index < -0.39 is 21.8 Å². The molecule has 1 heterocycles. The molecule has 0 spiro atoms. The molecule has 0 bridgehead atoms. The molecule has 0 saturated heterocycles. The Labute approximate surface area is 290 Å². The zero-order chi connectivity index (χ0) is 35.7. The van der Waals surface area contributed by atoms with E-state index in [2.05, 4.69) is 5.32 Å². The Bertz CT molecular complexity index is 1890. The molecule has 50 heavy (non-hydrogen) atoms. The Morgan fingerprint density at radius 2 is 1.56 bits per heavy atom. The smallest absolute Gasteiger partial charge is 0.335 e. The standard InChI is InChI=1S/C36H41FN2O10S/c1-38-35(40)33-30-21-29(25-6-7-25)31(22-32(30)49-34(33)26-8-10-28(37)11-9-26)39(50(2,43)44)12-13-45-14-15-46-16-17-47-18-19-48-23-24-4-3-5-27(20-24)36(41)42/h3-5,8-11,20-22,25H,6-7,12-19,23H2,1-2H3,(H,38,40)(H,41,42). The highest BCUT2D eigenvalue weighted by atomic mass is 32.2. The van der Waals surface area contributed by atoms with Gasteiger partial charge >= 0.3 is 5.97 Å². The summed E-state index contributed by atoms with van der Waals surface area (Å²) in [5.41, 5.74) is 3.41. The third kappa shape index (κ3) is 9.67. The van der Waals surface area contributed by atoms with Gasteiger partial charge in [0, 0.05) is 24.1 Å². The maximum Gasteiger partial charge on any atom is 0.335 e. The predicted molar refractivity (Wildman–Crippen MR) is 185 cm³/mol. The summed E-state index contributed by atoms with van der Waals surface area (Å²) in [6, 6.07) is 15.7. The van der Waals surface area contributed by atoms with Crippen LogP contribution in [0.4, 0.5) is 10.1 Å². The van der Waals surface area contributed by atoms with E-state index >= 15 is 0 Å². The molecule has 3 aromatic carbocycles. The Hall–Kier alpha value is -4.34. The molecule has 1 fully saturated rings. The first-order valence-electron chi connectivity index (χ1n) is 16.3. The fourth-order valence-electron chi connectivity index (χ4n) is 5.50. The topological polar surface area (TPSA) is 154 Å². The van der Waals surface area contributed by atoms with Gasteiger partial charge in [-0.2, -0.15) is 0 Å². The molecule has 1 saturated carbocycles. The van der Waals surface area contributed by atoms with Gasteiger partial charge in [-0.1, -0.05) is 12.1 Å². The molecule has 5 rings (SSSR count). The minimum Gasteiger partial charge on any atom is -0.478 e. The highest BCUT2D eigenvalue weighted by Gasteiger charge is 2.33. The number of hydrogen-bond acceptors (Lipinski definition) is 9. The van der Waals surface area contributed by atoms with Gasteiger partial charge < -0.3 is 33.8 Å². The lowest BCUT2D eigenvalue weighted by Crippen LogP contribution is -2.34.